The lowest BCUT2D eigenvalue weighted by atomic mass is 9.97. The fraction of sp³-hybridized carbons (Fsp3) is 0.500. The minimum absolute atomic E-state index is 0.0424. The second kappa shape index (κ2) is 7.55. The highest BCUT2D eigenvalue weighted by atomic mass is 16.4. The summed E-state index contributed by atoms with van der Waals surface area (Å²) in [5, 5.41) is 11.7. The van der Waals surface area contributed by atoms with E-state index in [-0.39, 0.29) is 23.4 Å². The number of nitrogens with zero attached hydrogens (tertiary/aromatic N) is 2. The number of nitrogens with one attached hydrogen (secondary N) is 1. The van der Waals surface area contributed by atoms with E-state index in [0.29, 0.717) is 18.8 Å². The molecule has 1 unspecified atom stereocenters. The molecule has 1 atom stereocenters. The Morgan fingerprint density at radius 3 is 2.24 bits per heavy atom. The number of amides is 3. The van der Waals surface area contributed by atoms with Gasteiger partial charge in [0.15, 0.2) is 0 Å². The number of hydrogen-bond donors (Lipinski definition) is 2. The molecule has 7 heteroatoms. The number of carboxylic acids is 1. The molecule has 1 aromatic carbocycles. The van der Waals surface area contributed by atoms with Crippen LogP contribution in [-0.4, -0.2) is 59.0 Å². The third-order valence-electron chi connectivity index (χ3n) is 4.84. The van der Waals surface area contributed by atoms with E-state index in [9.17, 15) is 14.4 Å². The molecule has 2 aliphatic heterocycles. The van der Waals surface area contributed by atoms with Crippen LogP contribution in [0.4, 0.5) is 10.5 Å². The zero-order valence-corrected chi connectivity index (χ0v) is 14.1. The molecule has 0 saturated carbocycles. The molecule has 0 aromatic heterocycles. The summed E-state index contributed by atoms with van der Waals surface area (Å²) in [7, 11) is 0. The van der Waals surface area contributed by atoms with Crippen LogP contribution in [0.2, 0.25) is 0 Å². The van der Waals surface area contributed by atoms with Gasteiger partial charge in [0.1, 0.15) is 0 Å². The number of rotatable bonds is 3. The number of carbonyl (C=O) groups excluding carboxylic acids is 2. The fourth-order valence-corrected chi connectivity index (χ4v) is 3.41. The van der Waals surface area contributed by atoms with Crippen molar-refractivity contribution in [3.63, 3.8) is 0 Å². The van der Waals surface area contributed by atoms with Crippen LogP contribution in [0.1, 0.15) is 36.0 Å². The maximum atomic E-state index is 12.5. The van der Waals surface area contributed by atoms with Gasteiger partial charge in [-0.1, -0.05) is 0 Å². The van der Waals surface area contributed by atoms with Gasteiger partial charge in [-0.05, 0) is 49.9 Å². The number of aromatic carboxylic acids is 1. The Morgan fingerprint density at radius 2 is 1.60 bits per heavy atom. The van der Waals surface area contributed by atoms with Crippen molar-refractivity contribution in [2.24, 2.45) is 5.92 Å². The first kappa shape index (κ1) is 17.3. The van der Waals surface area contributed by atoms with Crippen molar-refractivity contribution in [2.75, 3.05) is 31.5 Å². The molecule has 0 radical (unpaired) electrons. The summed E-state index contributed by atoms with van der Waals surface area (Å²) in [4.78, 5) is 39.5. The van der Waals surface area contributed by atoms with Crippen molar-refractivity contribution >= 4 is 23.6 Å². The van der Waals surface area contributed by atoms with Gasteiger partial charge in [0, 0.05) is 31.9 Å². The molecule has 1 aromatic rings. The molecule has 0 spiro atoms. The Labute approximate surface area is 146 Å². The van der Waals surface area contributed by atoms with Gasteiger partial charge in [-0.2, -0.15) is 0 Å². The summed E-state index contributed by atoms with van der Waals surface area (Å²) in [5.74, 6) is -1.36. The number of benzene rings is 1. The molecule has 2 saturated heterocycles. The molecule has 3 rings (SSSR count). The number of piperidine rings is 1. The molecule has 3 amide bonds. The van der Waals surface area contributed by atoms with Crippen LogP contribution in [-0.2, 0) is 4.79 Å². The first-order chi connectivity index (χ1) is 12.0. The highest BCUT2D eigenvalue weighted by Gasteiger charge is 2.31. The monoisotopic (exact) mass is 345 g/mol. The zero-order valence-electron chi connectivity index (χ0n) is 14.1. The first-order valence-corrected chi connectivity index (χ1v) is 8.72. The lowest BCUT2D eigenvalue weighted by Gasteiger charge is -2.34. The smallest absolute Gasteiger partial charge is 0.335 e. The lowest BCUT2D eigenvalue weighted by molar-refractivity contribution is -0.121. The van der Waals surface area contributed by atoms with E-state index in [1.165, 1.54) is 12.1 Å². The molecule has 2 fully saturated rings. The van der Waals surface area contributed by atoms with Crippen molar-refractivity contribution in [3.05, 3.63) is 29.8 Å². The van der Waals surface area contributed by atoms with Crippen LogP contribution in [0, 0.1) is 5.92 Å². The molecule has 134 valence electrons. The Bertz CT molecular complexity index is 653. The van der Waals surface area contributed by atoms with E-state index < -0.39 is 5.97 Å². The second-order valence-corrected chi connectivity index (χ2v) is 6.63. The minimum Gasteiger partial charge on any atom is -0.478 e. The Kier molecular flexibility index (Phi) is 5.21. The maximum absolute atomic E-state index is 12.5. The van der Waals surface area contributed by atoms with Crippen LogP contribution in [0.25, 0.3) is 0 Å². The van der Waals surface area contributed by atoms with Gasteiger partial charge in [0.25, 0.3) is 0 Å². The Hall–Kier alpha value is -2.57. The van der Waals surface area contributed by atoms with Crippen molar-refractivity contribution < 1.29 is 19.5 Å². The number of carbonyl (C=O) groups is 3. The molecule has 2 aliphatic rings. The molecule has 7 nitrogen and oxygen atoms in total. The molecule has 25 heavy (non-hydrogen) atoms. The molecular formula is C18H23N3O4. The van der Waals surface area contributed by atoms with Gasteiger partial charge in [-0.25, -0.2) is 9.59 Å². The van der Waals surface area contributed by atoms with E-state index in [2.05, 4.69) is 5.32 Å². The van der Waals surface area contributed by atoms with E-state index in [0.717, 1.165) is 38.8 Å². The first-order valence-electron chi connectivity index (χ1n) is 8.72. The highest BCUT2D eigenvalue weighted by Crippen LogP contribution is 2.21. The van der Waals surface area contributed by atoms with Crippen LogP contribution < -0.4 is 5.32 Å². The van der Waals surface area contributed by atoms with Gasteiger partial charge in [0.2, 0.25) is 5.91 Å². The minimum atomic E-state index is -0.999. The van der Waals surface area contributed by atoms with Crippen molar-refractivity contribution in [1.29, 1.82) is 0 Å². The summed E-state index contributed by atoms with van der Waals surface area (Å²) >= 11 is 0. The summed E-state index contributed by atoms with van der Waals surface area (Å²) in [6, 6.07) is 6.12. The van der Waals surface area contributed by atoms with Gasteiger partial charge < -0.3 is 20.2 Å². The quantitative estimate of drug-likeness (QED) is 0.879. The topological polar surface area (TPSA) is 90.0 Å². The summed E-state index contributed by atoms with van der Waals surface area (Å²) in [6.45, 7) is 2.76. The van der Waals surface area contributed by atoms with E-state index >= 15 is 0 Å². The van der Waals surface area contributed by atoms with Crippen LogP contribution >= 0.6 is 0 Å². The predicted molar refractivity (Wildman–Crippen MR) is 92.5 cm³/mol. The van der Waals surface area contributed by atoms with Gasteiger partial charge in [0.05, 0.1) is 11.5 Å². The molecule has 2 heterocycles. The standard InChI is InChI=1S/C18H23N3O4/c22-16(19-15-7-5-13(6-8-15)17(23)24)14-4-3-11-21(12-14)18(25)20-9-1-2-10-20/h5-8,14H,1-4,9-12H2,(H,19,22)(H,23,24). The van der Waals surface area contributed by atoms with Crippen LogP contribution in [0.5, 0.6) is 0 Å². The maximum Gasteiger partial charge on any atom is 0.335 e. The summed E-state index contributed by atoms with van der Waals surface area (Å²) in [5.41, 5.74) is 0.746. The average Bonchev–Trinajstić information content (AvgIpc) is 3.16. The Morgan fingerprint density at radius 1 is 0.960 bits per heavy atom. The molecule has 0 aliphatic carbocycles. The normalized spacial score (nSPS) is 20.4. The molecule has 0 bridgehead atoms. The van der Waals surface area contributed by atoms with Crippen LogP contribution in [0.15, 0.2) is 24.3 Å². The van der Waals surface area contributed by atoms with E-state index in [1.54, 1.807) is 17.0 Å². The van der Waals surface area contributed by atoms with Crippen molar-refractivity contribution in [1.82, 2.24) is 9.80 Å². The summed E-state index contributed by atoms with van der Waals surface area (Å²) < 4.78 is 0. The van der Waals surface area contributed by atoms with Gasteiger partial charge in [-0.15, -0.1) is 0 Å². The number of anilines is 1. The van der Waals surface area contributed by atoms with E-state index in [1.807, 2.05) is 4.90 Å². The fourth-order valence-electron chi connectivity index (χ4n) is 3.41. The third-order valence-corrected chi connectivity index (χ3v) is 4.84. The number of urea groups is 1. The second-order valence-electron chi connectivity index (χ2n) is 6.63. The lowest BCUT2D eigenvalue weighted by Crippen LogP contribution is -2.48. The SMILES string of the molecule is O=C(O)c1ccc(NC(=O)C2CCCN(C(=O)N3CCCC3)C2)cc1. The van der Waals surface area contributed by atoms with Crippen molar-refractivity contribution in [3.8, 4) is 0 Å². The summed E-state index contributed by atoms with van der Waals surface area (Å²) in [6.07, 6.45) is 3.67. The van der Waals surface area contributed by atoms with Crippen LogP contribution in [0.3, 0.4) is 0 Å². The number of hydrogen-bond acceptors (Lipinski definition) is 3. The largest absolute Gasteiger partial charge is 0.478 e. The molecular weight excluding hydrogens is 322 g/mol. The number of likely N-dealkylation sites (tertiary alicyclic amines) is 2. The average molecular weight is 345 g/mol. The van der Waals surface area contributed by atoms with Gasteiger partial charge in [-0.3, -0.25) is 4.79 Å². The van der Waals surface area contributed by atoms with E-state index in [4.69, 9.17) is 5.11 Å². The highest BCUT2D eigenvalue weighted by molar-refractivity contribution is 5.94. The zero-order chi connectivity index (χ0) is 17.8. The van der Waals surface area contributed by atoms with Crippen molar-refractivity contribution in [2.45, 2.75) is 25.7 Å². The van der Waals surface area contributed by atoms with Gasteiger partial charge >= 0.3 is 12.0 Å². The Balaban J connectivity index is 1.57. The predicted octanol–water partition coefficient (Wildman–Crippen LogP) is 2.25. The number of carboxylic acid groups (broad SMARTS) is 1. The third kappa shape index (κ3) is 4.10. The molecule has 2 N–H and O–H groups in total.